The molecule has 2 aromatic heterocycles. The largest absolute Gasteiger partial charge is 0.328 e. The van der Waals surface area contributed by atoms with Gasteiger partial charge in [0.2, 0.25) is 0 Å². The van der Waals surface area contributed by atoms with Gasteiger partial charge in [-0.05, 0) is 33.0 Å². The first-order valence-corrected chi connectivity index (χ1v) is 7.96. The lowest BCUT2D eigenvalue weighted by molar-refractivity contribution is 0.611. The van der Waals surface area contributed by atoms with Crippen molar-refractivity contribution in [3.63, 3.8) is 0 Å². The molecule has 7 heteroatoms. The maximum absolute atomic E-state index is 11.5. The first-order chi connectivity index (χ1) is 8.45. The van der Waals surface area contributed by atoms with E-state index in [1.54, 1.807) is 6.26 Å². The molecule has 0 radical (unpaired) electrons. The van der Waals surface area contributed by atoms with Crippen LogP contribution in [0.5, 0.6) is 0 Å². The molecule has 0 aliphatic rings. The maximum atomic E-state index is 11.5. The van der Waals surface area contributed by atoms with E-state index in [9.17, 15) is 4.21 Å². The summed E-state index contributed by atoms with van der Waals surface area (Å²) in [6.07, 6.45) is 1.72. The predicted octanol–water partition coefficient (Wildman–Crippen LogP) is 1.99. The zero-order chi connectivity index (χ0) is 13.4. The maximum Gasteiger partial charge on any atom is 0.179 e. The Morgan fingerprint density at radius 1 is 1.56 bits per heavy atom. The molecule has 100 valence electrons. The Bertz CT molecular complexity index is 652. The number of nitrogens with one attached hydrogen (secondary N) is 1. The van der Waals surface area contributed by atoms with Crippen molar-refractivity contribution < 1.29 is 4.21 Å². The Hall–Kier alpha value is -0.950. The third kappa shape index (κ3) is 2.16. The van der Waals surface area contributed by atoms with Crippen LogP contribution in [0.1, 0.15) is 19.5 Å². The Morgan fingerprint density at radius 2 is 2.22 bits per heavy atom. The number of rotatable bonds is 4. The second kappa shape index (κ2) is 4.97. The van der Waals surface area contributed by atoms with Crippen LogP contribution in [0.3, 0.4) is 0 Å². The number of hydrogen-bond donors (Lipinski definition) is 1. The third-order valence-electron chi connectivity index (χ3n) is 3.14. The monoisotopic (exact) mass is 286 g/mol. The zero-order valence-corrected chi connectivity index (χ0v) is 12.7. The molecule has 2 rings (SSSR count). The van der Waals surface area contributed by atoms with Crippen LogP contribution in [0.4, 0.5) is 0 Å². The van der Waals surface area contributed by atoms with E-state index in [4.69, 9.17) is 12.2 Å². The summed E-state index contributed by atoms with van der Waals surface area (Å²) < 4.78 is 16.1. The molecule has 0 aliphatic heterocycles. The summed E-state index contributed by atoms with van der Waals surface area (Å²) in [5, 5.41) is 4.53. The molecular weight excluding hydrogens is 268 g/mol. The lowest BCUT2D eigenvalue weighted by Crippen LogP contribution is -2.18. The Morgan fingerprint density at radius 3 is 2.78 bits per heavy atom. The van der Waals surface area contributed by atoms with Gasteiger partial charge in [0, 0.05) is 35.4 Å². The van der Waals surface area contributed by atoms with Gasteiger partial charge in [0.25, 0.3) is 0 Å². The highest BCUT2D eigenvalue weighted by atomic mass is 32.2. The molecule has 0 spiro atoms. The molecule has 0 fully saturated rings. The summed E-state index contributed by atoms with van der Waals surface area (Å²) in [5.74, 6) is 0. The van der Waals surface area contributed by atoms with Crippen molar-refractivity contribution in [2.24, 2.45) is 0 Å². The molecule has 0 saturated carbocycles. The highest BCUT2D eigenvalue weighted by molar-refractivity contribution is 7.84. The van der Waals surface area contributed by atoms with E-state index in [1.807, 2.05) is 30.0 Å². The molecule has 1 N–H and O–H groups in total. The molecule has 2 aromatic rings. The standard InChI is InChI=1S/C11H18N4OS2/c1-5-15-10-9(8(3)13-15)12-11(17)14(10)6-7(2)18(4)16/h7H,5-6H2,1-4H3,(H,12,17). The minimum Gasteiger partial charge on any atom is -0.328 e. The molecule has 0 saturated heterocycles. The Labute approximate surface area is 114 Å². The van der Waals surface area contributed by atoms with E-state index in [-0.39, 0.29) is 5.25 Å². The van der Waals surface area contributed by atoms with Crippen molar-refractivity contribution in [3.05, 3.63) is 10.5 Å². The molecule has 2 atom stereocenters. The van der Waals surface area contributed by atoms with Gasteiger partial charge >= 0.3 is 0 Å². The first kappa shape index (κ1) is 13.5. The van der Waals surface area contributed by atoms with Gasteiger partial charge in [0.05, 0.1) is 5.69 Å². The summed E-state index contributed by atoms with van der Waals surface area (Å²) in [4.78, 5) is 3.19. The fourth-order valence-electron chi connectivity index (χ4n) is 2.01. The summed E-state index contributed by atoms with van der Waals surface area (Å²) in [5.41, 5.74) is 2.93. The van der Waals surface area contributed by atoms with Crippen molar-refractivity contribution >= 4 is 34.2 Å². The topological polar surface area (TPSA) is 55.6 Å². The molecule has 2 unspecified atom stereocenters. The molecule has 0 aromatic carbocycles. The normalized spacial score (nSPS) is 15.1. The van der Waals surface area contributed by atoms with Crippen LogP contribution < -0.4 is 0 Å². The highest BCUT2D eigenvalue weighted by Crippen LogP contribution is 2.18. The number of hydrogen-bond acceptors (Lipinski definition) is 3. The summed E-state index contributed by atoms with van der Waals surface area (Å²) in [7, 11) is -0.859. The number of fused-ring (bicyclic) bond motifs is 1. The number of aromatic nitrogens is 4. The van der Waals surface area contributed by atoms with Gasteiger partial charge in [0.1, 0.15) is 5.52 Å². The van der Waals surface area contributed by atoms with Gasteiger partial charge < -0.3 is 9.55 Å². The summed E-state index contributed by atoms with van der Waals surface area (Å²) in [6, 6.07) is 0. The van der Waals surface area contributed by atoms with Gasteiger partial charge in [0.15, 0.2) is 10.4 Å². The van der Waals surface area contributed by atoms with Crippen molar-refractivity contribution in [2.75, 3.05) is 6.26 Å². The van der Waals surface area contributed by atoms with Crippen molar-refractivity contribution in [2.45, 2.75) is 39.1 Å². The van der Waals surface area contributed by atoms with Crippen molar-refractivity contribution in [1.29, 1.82) is 0 Å². The van der Waals surface area contributed by atoms with Crippen LogP contribution in [-0.2, 0) is 23.9 Å². The van der Waals surface area contributed by atoms with Gasteiger partial charge in [-0.1, -0.05) is 0 Å². The smallest absolute Gasteiger partial charge is 0.179 e. The van der Waals surface area contributed by atoms with E-state index in [1.165, 1.54) is 0 Å². The SMILES string of the molecule is CCn1nc(C)c2[nH]c(=S)n(CC(C)S(C)=O)c21. The van der Waals surface area contributed by atoms with Gasteiger partial charge in [-0.15, -0.1) is 0 Å². The second-order valence-electron chi connectivity index (χ2n) is 4.45. The minimum atomic E-state index is -0.859. The quantitative estimate of drug-likeness (QED) is 0.875. The van der Waals surface area contributed by atoms with Crippen LogP contribution in [0, 0.1) is 11.7 Å². The second-order valence-corrected chi connectivity index (χ2v) is 6.64. The first-order valence-electron chi connectivity index (χ1n) is 5.93. The van der Waals surface area contributed by atoms with Crippen LogP contribution in [0.25, 0.3) is 11.2 Å². The summed E-state index contributed by atoms with van der Waals surface area (Å²) in [6.45, 7) is 7.42. The summed E-state index contributed by atoms with van der Waals surface area (Å²) >= 11 is 5.35. The van der Waals surface area contributed by atoms with Gasteiger partial charge in [-0.25, -0.2) is 4.68 Å². The van der Waals surface area contributed by atoms with E-state index >= 15 is 0 Å². The minimum absolute atomic E-state index is 0.0659. The fraction of sp³-hybridized carbons (Fsp3) is 0.636. The highest BCUT2D eigenvalue weighted by Gasteiger charge is 2.16. The molecule has 2 heterocycles. The van der Waals surface area contributed by atoms with Crippen LogP contribution >= 0.6 is 12.2 Å². The van der Waals surface area contributed by atoms with Crippen molar-refractivity contribution in [1.82, 2.24) is 19.3 Å². The van der Waals surface area contributed by atoms with Crippen LogP contribution in [-0.4, -0.2) is 35.0 Å². The Balaban J connectivity index is 2.59. The molecule has 0 bridgehead atoms. The predicted molar refractivity (Wildman–Crippen MR) is 76.8 cm³/mol. The average molecular weight is 286 g/mol. The van der Waals surface area contributed by atoms with Gasteiger partial charge in [-0.3, -0.25) is 4.21 Å². The van der Waals surface area contributed by atoms with E-state index in [0.29, 0.717) is 11.3 Å². The lowest BCUT2D eigenvalue weighted by atomic mass is 10.4. The number of aromatic amines is 1. The fourth-order valence-corrected chi connectivity index (χ4v) is 2.63. The molecule has 0 amide bonds. The number of H-pyrrole nitrogens is 1. The molecule has 0 aliphatic carbocycles. The number of imidazole rings is 1. The van der Waals surface area contributed by atoms with E-state index in [0.717, 1.165) is 23.4 Å². The molecular formula is C11H18N4OS2. The Kier molecular flexibility index (Phi) is 3.72. The van der Waals surface area contributed by atoms with Crippen molar-refractivity contribution in [3.8, 4) is 0 Å². The van der Waals surface area contributed by atoms with Crippen LogP contribution in [0.2, 0.25) is 0 Å². The average Bonchev–Trinajstić information content (AvgIpc) is 2.78. The number of nitrogens with zero attached hydrogens (tertiary/aromatic N) is 3. The van der Waals surface area contributed by atoms with E-state index < -0.39 is 10.8 Å². The molecule has 5 nitrogen and oxygen atoms in total. The zero-order valence-electron chi connectivity index (χ0n) is 11.1. The van der Waals surface area contributed by atoms with Gasteiger partial charge in [-0.2, -0.15) is 5.10 Å². The third-order valence-corrected chi connectivity index (χ3v) is 4.74. The van der Waals surface area contributed by atoms with Crippen LogP contribution in [0.15, 0.2) is 0 Å². The molecule has 18 heavy (non-hydrogen) atoms. The lowest BCUT2D eigenvalue weighted by Gasteiger charge is -2.10. The van der Waals surface area contributed by atoms with E-state index in [2.05, 4.69) is 10.1 Å². The number of aryl methyl sites for hydroxylation is 2.